The van der Waals surface area contributed by atoms with Crippen LogP contribution in [-0.2, 0) is 32.6 Å². The molecule has 0 saturated carbocycles. The van der Waals surface area contributed by atoms with Crippen LogP contribution >= 0.6 is 0 Å². The summed E-state index contributed by atoms with van der Waals surface area (Å²) < 4.78 is 35.2. The first-order valence-corrected chi connectivity index (χ1v) is 16.7. The Morgan fingerprint density at radius 1 is 0.783 bits per heavy atom. The minimum Gasteiger partial charge on any atom is -0.495 e. The van der Waals surface area contributed by atoms with Crippen molar-refractivity contribution < 1.29 is 22.7 Å². The summed E-state index contributed by atoms with van der Waals surface area (Å²) in [4.78, 5) is 30.2. The van der Waals surface area contributed by atoms with Gasteiger partial charge in [-0.05, 0) is 70.0 Å². The molecule has 1 atom stereocenters. The molecular weight excluding hydrogens is 598 g/mol. The largest absolute Gasteiger partial charge is 0.495 e. The van der Waals surface area contributed by atoms with Crippen molar-refractivity contribution in [2.24, 2.45) is 0 Å². The van der Waals surface area contributed by atoms with Crippen molar-refractivity contribution in [2.45, 2.75) is 64.1 Å². The zero-order valence-corrected chi connectivity index (χ0v) is 28.2. The van der Waals surface area contributed by atoms with Crippen LogP contribution in [0.15, 0.2) is 108 Å². The topological polar surface area (TPSA) is 96.0 Å². The molecule has 1 N–H and O–H groups in total. The van der Waals surface area contributed by atoms with Crippen LogP contribution in [0.2, 0.25) is 0 Å². The number of aryl methyl sites for hydroxylation is 2. The number of sulfonamides is 1. The average Bonchev–Trinajstić information content (AvgIpc) is 3.02. The van der Waals surface area contributed by atoms with Crippen molar-refractivity contribution in [1.82, 2.24) is 10.2 Å². The van der Waals surface area contributed by atoms with Crippen molar-refractivity contribution >= 4 is 27.5 Å². The van der Waals surface area contributed by atoms with Gasteiger partial charge < -0.3 is 15.0 Å². The highest BCUT2D eigenvalue weighted by Gasteiger charge is 2.36. The SMILES string of the molecule is COc1ccccc1N(CC(=O)N(Cc1ccc(C)cc1)[C@H](Cc1ccccc1)C(=O)NC(C)(C)C)S(=O)(=O)c1ccc(C)cc1. The Balaban J connectivity index is 1.84. The van der Waals surface area contributed by atoms with Gasteiger partial charge in [0.25, 0.3) is 10.0 Å². The molecule has 0 heterocycles. The summed E-state index contributed by atoms with van der Waals surface area (Å²) in [6.07, 6.45) is 0.236. The molecule has 0 saturated heterocycles. The molecule has 4 aromatic rings. The van der Waals surface area contributed by atoms with Crippen LogP contribution in [0.25, 0.3) is 0 Å². The lowest BCUT2D eigenvalue weighted by Crippen LogP contribution is -2.56. The van der Waals surface area contributed by atoms with Gasteiger partial charge in [0, 0.05) is 18.5 Å². The number of nitrogens with zero attached hydrogens (tertiary/aromatic N) is 2. The highest BCUT2D eigenvalue weighted by molar-refractivity contribution is 7.92. The van der Waals surface area contributed by atoms with Gasteiger partial charge in [-0.1, -0.05) is 90.0 Å². The zero-order valence-electron chi connectivity index (χ0n) is 27.4. The maximum Gasteiger partial charge on any atom is 0.264 e. The van der Waals surface area contributed by atoms with Crippen molar-refractivity contribution in [3.8, 4) is 5.75 Å². The summed E-state index contributed by atoms with van der Waals surface area (Å²) in [5.74, 6) is -0.573. The molecule has 0 spiro atoms. The Bertz CT molecular complexity index is 1730. The fourth-order valence-corrected chi connectivity index (χ4v) is 6.51. The summed E-state index contributed by atoms with van der Waals surface area (Å²) in [5.41, 5.74) is 3.28. The minimum absolute atomic E-state index is 0.0354. The summed E-state index contributed by atoms with van der Waals surface area (Å²) in [6, 6.07) is 29.4. The molecule has 2 amide bonds. The molecule has 0 bridgehead atoms. The Hall–Kier alpha value is -4.63. The predicted octanol–water partition coefficient (Wildman–Crippen LogP) is 6.06. The van der Waals surface area contributed by atoms with Crippen molar-refractivity contribution in [2.75, 3.05) is 18.0 Å². The molecule has 0 radical (unpaired) electrons. The normalized spacial score (nSPS) is 12.2. The van der Waals surface area contributed by atoms with Gasteiger partial charge >= 0.3 is 0 Å². The first kappa shape index (κ1) is 34.2. The first-order chi connectivity index (χ1) is 21.8. The first-order valence-electron chi connectivity index (χ1n) is 15.2. The molecule has 0 aromatic heterocycles. The van der Waals surface area contributed by atoms with Crippen LogP contribution in [0, 0.1) is 13.8 Å². The number of para-hydroxylation sites is 2. The summed E-state index contributed by atoms with van der Waals surface area (Å²) in [6.45, 7) is 9.03. The average molecular weight is 642 g/mol. The number of ether oxygens (including phenoxy) is 1. The number of methoxy groups -OCH3 is 1. The maximum absolute atomic E-state index is 14.6. The van der Waals surface area contributed by atoms with Crippen molar-refractivity contribution in [3.63, 3.8) is 0 Å². The quantitative estimate of drug-likeness (QED) is 0.203. The predicted molar refractivity (Wildman–Crippen MR) is 182 cm³/mol. The van der Waals surface area contributed by atoms with Crippen LogP contribution < -0.4 is 14.4 Å². The van der Waals surface area contributed by atoms with E-state index in [0.29, 0.717) is 5.75 Å². The standard InChI is InChI=1S/C37H43N3O5S/c1-27-16-20-30(21-17-27)25-39(33(36(42)38-37(3,4)5)24-29-12-8-7-9-13-29)35(41)26-40(32-14-10-11-15-34(32)45-6)46(43,44)31-22-18-28(2)19-23-31/h7-23,33H,24-26H2,1-6H3,(H,38,42)/t33-/m1/s1. The molecule has 0 aliphatic heterocycles. The lowest BCUT2D eigenvalue weighted by molar-refractivity contribution is -0.140. The number of carbonyl (C=O) groups is 2. The molecule has 242 valence electrons. The Kier molecular flexibility index (Phi) is 10.9. The van der Waals surface area contributed by atoms with Gasteiger partial charge in [0.05, 0.1) is 17.7 Å². The fourth-order valence-electron chi connectivity index (χ4n) is 5.08. The van der Waals surface area contributed by atoms with Gasteiger partial charge in [-0.3, -0.25) is 13.9 Å². The molecule has 0 unspecified atom stereocenters. The minimum atomic E-state index is -4.24. The van der Waals surface area contributed by atoms with Crippen LogP contribution in [0.4, 0.5) is 5.69 Å². The third-order valence-corrected chi connectivity index (χ3v) is 9.26. The Morgan fingerprint density at radius 2 is 1.35 bits per heavy atom. The van der Waals surface area contributed by atoms with E-state index in [1.165, 1.54) is 24.1 Å². The van der Waals surface area contributed by atoms with E-state index in [1.54, 1.807) is 36.4 Å². The van der Waals surface area contributed by atoms with Gasteiger partial charge in [-0.2, -0.15) is 0 Å². The lowest BCUT2D eigenvalue weighted by atomic mass is 10.0. The van der Waals surface area contributed by atoms with E-state index in [4.69, 9.17) is 4.74 Å². The third-order valence-electron chi connectivity index (χ3n) is 7.48. The van der Waals surface area contributed by atoms with Gasteiger partial charge in [-0.15, -0.1) is 0 Å². The van der Waals surface area contributed by atoms with Gasteiger partial charge in [-0.25, -0.2) is 8.42 Å². The number of rotatable bonds is 12. The van der Waals surface area contributed by atoms with Gasteiger partial charge in [0.1, 0.15) is 18.3 Å². The highest BCUT2D eigenvalue weighted by atomic mass is 32.2. The maximum atomic E-state index is 14.6. The van der Waals surface area contributed by atoms with E-state index < -0.39 is 34.1 Å². The molecule has 8 nitrogen and oxygen atoms in total. The molecule has 4 rings (SSSR count). The number of nitrogens with one attached hydrogen (secondary N) is 1. The molecule has 0 fully saturated rings. The number of amides is 2. The number of hydrogen-bond acceptors (Lipinski definition) is 5. The van der Waals surface area contributed by atoms with Gasteiger partial charge in [0.2, 0.25) is 11.8 Å². The van der Waals surface area contributed by atoms with Crippen LogP contribution in [-0.4, -0.2) is 50.4 Å². The molecule has 0 aliphatic carbocycles. The van der Waals surface area contributed by atoms with E-state index in [-0.39, 0.29) is 29.5 Å². The second kappa shape index (κ2) is 14.6. The summed E-state index contributed by atoms with van der Waals surface area (Å²) in [7, 11) is -2.79. The molecular formula is C37H43N3O5S. The van der Waals surface area contributed by atoms with Crippen molar-refractivity contribution in [1.29, 1.82) is 0 Å². The van der Waals surface area contributed by atoms with Crippen LogP contribution in [0.1, 0.15) is 43.0 Å². The monoisotopic (exact) mass is 641 g/mol. The van der Waals surface area contributed by atoms with Gasteiger partial charge in [0.15, 0.2) is 0 Å². The second-order valence-corrected chi connectivity index (χ2v) is 14.3. The van der Waals surface area contributed by atoms with Crippen LogP contribution in [0.5, 0.6) is 5.75 Å². The zero-order chi connectivity index (χ0) is 33.5. The highest BCUT2D eigenvalue weighted by Crippen LogP contribution is 2.33. The smallest absolute Gasteiger partial charge is 0.264 e. The Labute approximate surface area is 273 Å². The molecule has 9 heteroatoms. The number of anilines is 1. The number of carbonyl (C=O) groups excluding carboxylic acids is 2. The van der Waals surface area contributed by atoms with Crippen LogP contribution in [0.3, 0.4) is 0 Å². The van der Waals surface area contributed by atoms with E-state index in [2.05, 4.69) is 5.32 Å². The van der Waals surface area contributed by atoms with E-state index in [1.807, 2.05) is 89.2 Å². The van der Waals surface area contributed by atoms with E-state index in [0.717, 1.165) is 26.6 Å². The fraction of sp³-hybridized carbons (Fsp3) is 0.297. The lowest BCUT2D eigenvalue weighted by Gasteiger charge is -2.35. The number of hydrogen-bond donors (Lipinski definition) is 1. The van der Waals surface area contributed by atoms with E-state index in [9.17, 15) is 18.0 Å². The Morgan fingerprint density at radius 3 is 1.93 bits per heavy atom. The van der Waals surface area contributed by atoms with Crippen molar-refractivity contribution in [3.05, 3.63) is 125 Å². The number of benzene rings is 4. The third kappa shape index (κ3) is 8.75. The van der Waals surface area contributed by atoms with E-state index >= 15 is 0 Å². The molecule has 4 aromatic carbocycles. The summed E-state index contributed by atoms with van der Waals surface area (Å²) in [5, 5.41) is 3.05. The molecule has 46 heavy (non-hydrogen) atoms. The summed E-state index contributed by atoms with van der Waals surface area (Å²) >= 11 is 0. The molecule has 0 aliphatic rings. The second-order valence-electron chi connectivity index (χ2n) is 12.4.